The van der Waals surface area contributed by atoms with Gasteiger partial charge in [0.05, 0.1) is 18.9 Å². The van der Waals surface area contributed by atoms with Crippen molar-refractivity contribution in [2.45, 2.75) is 45.4 Å². The van der Waals surface area contributed by atoms with Gasteiger partial charge < -0.3 is 9.47 Å². The van der Waals surface area contributed by atoms with Crippen molar-refractivity contribution in [3.05, 3.63) is 58.9 Å². The predicted molar refractivity (Wildman–Crippen MR) is 103 cm³/mol. The smallest absolute Gasteiger partial charge is 0.202 e. The van der Waals surface area contributed by atoms with Crippen LogP contribution in [0.2, 0.25) is 0 Å². The lowest BCUT2D eigenvalue weighted by atomic mass is 10.2. The molecule has 1 atom stereocenters. The summed E-state index contributed by atoms with van der Waals surface area (Å²) in [4.78, 5) is 1.34. The van der Waals surface area contributed by atoms with E-state index in [2.05, 4.69) is 35.0 Å². The zero-order valence-corrected chi connectivity index (χ0v) is 16.0. The summed E-state index contributed by atoms with van der Waals surface area (Å²) in [5.41, 5.74) is 2.29. The van der Waals surface area contributed by atoms with Crippen molar-refractivity contribution in [2.24, 2.45) is 0 Å². The lowest BCUT2D eigenvalue weighted by molar-refractivity contribution is -0.917. The number of rotatable bonds is 5. The molecule has 0 saturated carbocycles. The summed E-state index contributed by atoms with van der Waals surface area (Å²) in [7, 11) is 2.17. The summed E-state index contributed by atoms with van der Waals surface area (Å²) in [5.74, 6) is 1.15. The fourth-order valence-electron chi connectivity index (χ4n) is 3.56. The number of aromatic nitrogens is 5. The van der Waals surface area contributed by atoms with Gasteiger partial charge in [0.25, 0.3) is 0 Å². The average Bonchev–Trinajstić information content (AvgIpc) is 3.13. The highest BCUT2D eigenvalue weighted by atomic mass is 32.1. The van der Waals surface area contributed by atoms with Crippen LogP contribution in [0.1, 0.15) is 30.7 Å². The molecule has 3 heterocycles. The molecule has 136 valence electrons. The molecule has 0 aliphatic carbocycles. The number of para-hydroxylation sites is 1. The van der Waals surface area contributed by atoms with Gasteiger partial charge in [-0.05, 0) is 37.2 Å². The molecule has 26 heavy (non-hydrogen) atoms. The Morgan fingerprint density at radius 1 is 1.15 bits per heavy atom. The van der Waals surface area contributed by atoms with E-state index in [1.165, 1.54) is 29.7 Å². The molecule has 0 spiro atoms. The van der Waals surface area contributed by atoms with Crippen molar-refractivity contribution < 1.29 is 4.90 Å². The summed E-state index contributed by atoms with van der Waals surface area (Å²) >= 11 is 5.66. The molecule has 3 aromatic rings. The number of nitrogens with one attached hydrogen (secondary N) is 1. The zero-order chi connectivity index (χ0) is 17.9. The Morgan fingerprint density at radius 2 is 2.00 bits per heavy atom. The third kappa shape index (κ3) is 3.64. The summed E-state index contributed by atoms with van der Waals surface area (Å²) in [6.45, 7) is 2.67. The summed E-state index contributed by atoms with van der Waals surface area (Å²) in [6, 6.07) is 10.2. The van der Waals surface area contributed by atoms with Crippen LogP contribution >= 0.6 is 12.2 Å². The first-order valence-corrected chi connectivity index (χ1v) is 9.68. The van der Waals surface area contributed by atoms with Crippen LogP contribution in [0.15, 0.2) is 42.7 Å². The monoisotopic (exact) mass is 369 g/mol. The third-order valence-electron chi connectivity index (χ3n) is 4.86. The Balaban J connectivity index is 1.44. The fraction of sp³-hybridized carbons (Fsp3) is 0.421. The Bertz CT molecular complexity index is 923. The molecule has 1 aliphatic rings. The maximum Gasteiger partial charge on any atom is 0.202 e. The molecule has 0 fully saturated rings. The van der Waals surface area contributed by atoms with Gasteiger partial charge in [-0.1, -0.05) is 24.6 Å². The average molecular weight is 370 g/mol. The predicted octanol–water partition coefficient (Wildman–Crippen LogP) is 2.00. The van der Waals surface area contributed by atoms with Gasteiger partial charge >= 0.3 is 0 Å². The van der Waals surface area contributed by atoms with Gasteiger partial charge in [0, 0.05) is 24.7 Å². The number of nitrogens with zero attached hydrogens (tertiary/aromatic N) is 5. The Morgan fingerprint density at radius 3 is 2.85 bits per heavy atom. The van der Waals surface area contributed by atoms with Gasteiger partial charge in [-0.3, -0.25) is 0 Å². The van der Waals surface area contributed by atoms with Crippen LogP contribution in [0.25, 0.3) is 5.69 Å². The van der Waals surface area contributed by atoms with Gasteiger partial charge in [0.15, 0.2) is 6.67 Å². The van der Waals surface area contributed by atoms with Crippen molar-refractivity contribution in [3.63, 3.8) is 0 Å². The number of hydrogen-bond acceptors (Lipinski definition) is 3. The topological polar surface area (TPSA) is 45.0 Å². The normalized spacial score (nSPS) is 15.4. The maximum absolute atomic E-state index is 5.66. The third-order valence-corrected chi connectivity index (χ3v) is 5.30. The molecule has 4 rings (SSSR count). The molecule has 0 radical (unpaired) electrons. The molecule has 0 bridgehead atoms. The molecule has 7 heteroatoms. The Labute approximate surface area is 158 Å². The number of fused-ring (bicyclic) bond motifs is 1. The van der Waals surface area contributed by atoms with E-state index in [4.69, 9.17) is 17.3 Å². The highest BCUT2D eigenvalue weighted by molar-refractivity contribution is 7.71. The molecule has 1 aromatic carbocycles. The molecule has 1 N–H and O–H groups in total. The fourth-order valence-corrected chi connectivity index (χ4v) is 3.86. The molecule has 1 aliphatic heterocycles. The number of aryl methyl sites for hydroxylation is 1. The molecule has 2 aromatic heterocycles. The first-order chi connectivity index (χ1) is 12.7. The van der Waals surface area contributed by atoms with Gasteiger partial charge in [-0.15, -0.1) is 0 Å². The Hall–Kier alpha value is -2.25. The van der Waals surface area contributed by atoms with Crippen LogP contribution in [0, 0.1) is 4.77 Å². The van der Waals surface area contributed by atoms with Crippen molar-refractivity contribution in [1.29, 1.82) is 0 Å². The minimum absolute atomic E-state index is 0.773. The highest BCUT2D eigenvalue weighted by Gasteiger charge is 2.16. The van der Waals surface area contributed by atoms with Crippen LogP contribution in [0.4, 0.5) is 0 Å². The molecule has 0 saturated heterocycles. The van der Waals surface area contributed by atoms with Crippen LogP contribution in [0.5, 0.6) is 0 Å². The van der Waals surface area contributed by atoms with Crippen molar-refractivity contribution in [2.75, 3.05) is 7.05 Å². The molecular formula is C19H25N6S+. The Kier molecular flexibility index (Phi) is 4.99. The first kappa shape index (κ1) is 17.2. The standard InChI is InChI=1S/C19H24N6S/c1-22(13-16-12-20-24(14-16)17-8-4-2-5-9-17)15-25-19(26)23-11-7-3-6-10-18(23)21-25/h2,4-5,8-9,12,14H,3,6-7,10-11,13,15H2,1H3/p+1. The molecule has 1 unspecified atom stereocenters. The lowest BCUT2D eigenvalue weighted by Crippen LogP contribution is -3.07. The molecule has 6 nitrogen and oxygen atoms in total. The quantitative estimate of drug-likeness (QED) is 0.700. The minimum atomic E-state index is 0.773. The number of quaternary nitrogens is 1. The van der Waals surface area contributed by atoms with Gasteiger partial charge in [0.2, 0.25) is 4.77 Å². The minimum Gasteiger partial charge on any atom is -0.315 e. The zero-order valence-electron chi connectivity index (χ0n) is 15.1. The van der Waals surface area contributed by atoms with E-state index < -0.39 is 0 Å². The summed E-state index contributed by atoms with van der Waals surface area (Å²) in [5, 5.41) is 9.26. The second-order valence-electron chi connectivity index (χ2n) is 7.08. The van der Waals surface area contributed by atoms with E-state index in [0.29, 0.717) is 0 Å². The van der Waals surface area contributed by atoms with E-state index in [1.807, 2.05) is 33.8 Å². The lowest BCUT2D eigenvalue weighted by Gasteiger charge is -2.12. The maximum atomic E-state index is 5.66. The second kappa shape index (κ2) is 7.55. The van der Waals surface area contributed by atoms with Crippen molar-refractivity contribution in [1.82, 2.24) is 24.1 Å². The summed E-state index contributed by atoms with van der Waals surface area (Å²) < 4.78 is 7.00. The number of hydrogen-bond donors (Lipinski definition) is 1. The SMILES string of the molecule is C[NH+](Cc1cnn(-c2ccccc2)c1)Cn1nc2n(c1=S)CCCCC2. The van der Waals surface area contributed by atoms with Gasteiger partial charge in [-0.25, -0.2) is 4.68 Å². The van der Waals surface area contributed by atoms with E-state index in [9.17, 15) is 0 Å². The van der Waals surface area contributed by atoms with Crippen LogP contribution in [-0.2, 0) is 26.2 Å². The van der Waals surface area contributed by atoms with Crippen LogP contribution < -0.4 is 4.90 Å². The van der Waals surface area contributed by atoms with E-state index >= 15 is 0 Å². The molecular weight excluding hydrogens is 344 g/mol. The van der Waals surface area contributed by atoms with E-state index in [0.717, 1.165) is 42.5 Å². The van der Waals surface area contributed by atoms with Gasteiger partial charge in [-0.2, -0.15) is 14.9 Å². The van der Waals surface area contributed by atoms with Crippen LogP contribution in [0.3, 0.4) is 0 Å². The largest absolute Gasteiger partial charge is 0.315 e. The van der Waals surface area contributed by atoms with E-state index in [1.54, 1.807) is 0 Å². The highest BCUT2D eigenvalue weighted by Crippen LogP contribution is 2.13. The first-order valence-electron chi connectivity index (χ1n) is 9.27. The van der Waals surface area contributed by atoms with Crippen LogP contribution in [-0.4, -0.2) is 31.2 Å². The molecule has 0 amide bonds. The second-order valence-corrected chi connectivity index (χ2v) is 7.45. The summed E-state index contributed by atoms with van der Waals surface area (Å²) in [6.07, 6.45) is 8.77. The van der Waals surface area contributed by atoms with Crippen molar-refractivity contribution in [3.8, 4) is 5.69 Å². The van der Waals surface area contributed by atoms with E-state index in [-0.39, 0.29) is 0 Å². The van der Waals surface area contributed by atoms with Crippen molar-refractivity contribution >= 4 is 12.2 Å². The number of benzene rings is 1. The van der Waals surface area contributed by atoms with Gasteiger partial charge in [0.1, 0.15) is 12.4 Å².